The number of aryl methyl sites for hydroxylation is 1. The Morgan fingerprint density at radius 3 is 2.67 bits per heavy atom. The molecule has 1 unspecified atom stereocenters. The molecule has 2 aromatic heterocycles. The van der Waals surface area contributed by atoms with E-state index in [1.54, 1.807) is 24.4 Å². The lowest BCUT2D eigenvalue weighted by molar-refractivity contribution is 0.0930. The minimum atomic E-state index is -0.216. The van der Waals surface area contributed by atoms with Crippen LogP contribution in [0.1, 0.15) is 34.8 Å². The highest BCUT2D eigenvalue weighted by Gasteiger charge is 2.19. The van der Waals surface area contributed by atoms with Gasteiger partial charge in [0.05, 0.1) is 6.04 Å². The van der Waals surface area contributed by atoms with Gasteiger partial charge in [0.15, 0.2) is 0 Å². The molecule has 1 amide bonds. The van der Waals surface area contributed by atoms with E-state index in [1.165, 1.54) is 0 Å². The number of rotatable bonds is 3. The molecule has 0 spiro atoms. The van der Waals surface area contributed by atoms with Crippen molar-refractivity contribution in [2.45, 2.75) is 19.9 Å². The zero-order chi connectivity index (χ0) is 14.8. The number of aromatic nitrogens is 1. The van der Waals surface area contributed by atoms with Gasteiger partial charge in [-0.15, -0.1) is 0 Å². The Morgan fingerprint density at radius 1 is 1.19 bits per heavy atom. The second kappa shape index (κ2) is 5.40. The molecule has 0 aliphatic rings. The average Bonchev–Trinajstić information content (AvgIpc) is 2.86. The average molecular weight is 280 g/mol. The Morgan fingerprint density at radius 2 is 1.95 bits per heavy atom. The Labute approximate surface area is 122 Å². The number of fused-ring (bicyclic) bond motifs is 1. The third kappa shape index (κ3) is 2.52. The number of carbonyl (C=O) groups excluding carboxylic acids is 1. The fourth-order valence-electron chi connectivity index (χ4n) is 2.44. The van der Waals surface area contributed by atoms with Crippen LogP contribution in [0, 0.1) is 6.92 Å². The number of carbonyl (C=O) groups is 1. The number of benzene rings is 1. The lowest BCUT2D eigenvalue weighted by atomic mass is 10.1. The number of hydrogen-bond acceptors (Lipinski definition) is 3. The molecule has 3 rings (SSSR count). The molecule has 21 heavy (non-hydrogen) atoms. The molecule has 1 N–H and O–H groups in total. The van der Waals surface area contributed by atoms with Gasteiger partial charge in [0.2, 0.25) is 0 Å². The molecule has 2 heterocycles. The lowest BCUT2D eigenvalue weighted by Crippen LogP contribution is -2.27. The van der Waals surface area contributed by atoms with Crippen molar-refractivity contribution in [3.8, 4) is 0 Å². The van der Waals surface area contributed by atoms with Gasteiger partial charge in [-0.3, -0.25) is 9.78 Å². The summed E-state index contributed by atoms with van der Waals surface area (Å²) in [6, 6.07) is 12.9. The van der Waals surface area contributed by atoms with Crippen LogP contribution in [-0.2, 0) is 0 Å². The first kappa shape index (κ1) is 13.4. The first-order chi connectivity index (χ1) is 10.2. The quantitative estimate of drug-likeness (QED) is 0.797. The van der Waals surface area contributed by atoms with Crippen LogP contribution in [0.5, 0.6) is 0 Å². The van der Waals surface area contributed by atoms with Gasteiger partial charge in [-0.2, -0.15) is 0 Å². The van der Waals surface area contributed by atoms with Gasteiger partial charge in [0.25, 0.3) is 5.91 Å². The van der Waals surface area contributed by atoms with Crippen molar-refractivity contribution in [1.82, 2.24) is 10.3 Å². The van der Waals surface area contributed by atoms with Crippen molar-refractivity contribution in [3.63, 3.8) is 0 Å². The summed E-state index contributed by atoms with van der Waals surface area (Å²) in [6.07, 6.45) is 1.60. The maximum Gasteiger partial charge on any atom is 0.270 e. The van der Waals surface area contributed by atoms with E-state index >= 15 is 0 Å². The number of amides is 1. The zero-order valence-corrected chi connectivity index (χ0v) is 12.0. The summed E-state index contributed by atoms with van der Waals surface area (Å²) in [4.78, 5) is 16.2. The molecule has 106 valence electrons. The van der Waals surface area contributed by atoms with Crippen molar-refractivity contribution in [3.05, 3.63) is 65.7 Å². The Balaban J connectivity index is 1.86. The molecule has 0 saturated carbocycles. The van der Waals surface area contributed by atoms with Gasteiger partial charge in [-0.1, -0.05) is 24.3 Å². The molecule has 4 heteroatoms. The van der Waals surface area contributed by atoms with Crippen LogP contribution >= 0.6 is 0 Å². The standard InChI is InChI=1S/C17H16N2O2/c1-11-13-7-3-4-9-15(13)21-16(11)12(2)19-17(20)14-8-5-6-10-18-14/h3-10,12H,1-2H3,(H,19,20). The van der Waals surface area contributed by atoms with Crippen LogP contribution in [0.25, 0.3) is 11.0 Å². The number of hydrogen-bond donors (Lipinski definition) is 1. The number of furan rings is 1. The molecule has 3 aromatic rings. The summed E-state index contributed by atoms with van der Waals surface area (Å²) in [6.45, 7) is 3.91. The topological polar surface area (TPSA) is 55.1 Å². The van der Waals surface area contributed by atoms with Crippen molar-refractivity contribution < 1.29 is 9.21 Å². The number of pyridine rings is 1. The van der Waals surface area contributed by atoms with Crippen molar-refractivity contribution >= 4 is 16.9 Å². The molecule has 0 aliphatic carbocycles. The van der Waals surface area contributed by atoms with E-state index in [2.05, 4.69) is 10.3 Å². The second-order valence-electron chi connectivity index (χ2n) is 5.00. The van der Waals surface area contributed by atoms with E-state index in [1.807, 2.05) is 38.1 Å². The maximum absolute atomic E-state index is 12.1. The summed E-state index contributed by atoms with van der Waals surface area (Å²) >= 11 is 0. The molecule has 0 bridgehead atoms. The van der Waals surface area contributed by atoms with E-state index < -0.39 is 0 Å². The number of para-hydroxylation sites is 1. The third-order valence-electron chi connectivity index (χ3n) is 3.52. The van der Waals surface area contributed by atoms with Crippen LogP contribution in [0.4, 0.5) is 0 Å². The van der Waals surface area contributed by atoms with Crippen LogP contribution in [0.3, 0.4) is 0 Å². The predicted octanol–water partition coefficient (Wildman–Crippen LogP) is 3.63. The van der Waals surface area contributed by atoms with Crippen LogP contribution < -0.4 is 5.32 Å². The summed E-state index contributed by atoms with van der Waals surface area (Å²) in [7, 11) is 0. The van der Waals surface area contributed by atoms with E-state index in [0.29, 0.717) is 5.69 Å². The van der Waals surface area contributed by atoms with Crippen molar-refractivity contribution in [1.29, 1.82) is 0 Å². The number of nitrogens with one attached hydrogen (secondary N) is 1. The SMILES string of the molecule is Cc1c(C(C)NC(=O)c2ccccn2)oc2ccccc12. The molecule has 4 nitrogen and oxygen atoms in total. The molecule has 0 aliphatic heterocycles. The van der Waals surface area contributed by atoms with Crippen LogP contribution in [0.2, 0.25) is 0 Å². The summed E-state index contributed by atoms with van der Waals surface area (Å²) in [5, 5.41) is 3.99. The maximum atomic E-state index is 12.1. The van der Waals surface area contributed by atoms with Gasteiger partial charge in [-0.25, -0.2) is 0 Å². The number of nitrogens with zero attached hydrogens (tertiary/aromatic N) is 1. The zero-order valence-electron chi connectivity index (χ0n) is 12.0. The van der Waals surface area contributed by atoms with Gasteiger partial charge < -0.3 is 9.73 Å². The van der Waals surface area contributed by atoms with Gasteiger partial charge in [-0.05, 0) is 32.0 Å². The van der Waals surface area contributed by atoms with Crippen molar-refractivity contribution in [2.75, 3.05) is 0 Å². The van der Waals surface area contributed by atoms with Crippen LogP contribution in [-0.4, -0.2) is 10.9 Å². The Bertz CT molecular complexity index is 778. The van der Waals surface area contributed by atoms with E-state index in [-0.39, 0.29) is 11.9 Å². The molecule has 0 saturated heterocycles. The smallest absolute Gasteiger partial charge is 0.270 e. The first-order valence-electron chi connectivity index (χ1n) is 6.86. The molecular formula is C17H16N2O2. The minimum Gasteiger partial charge on any atom is -0.459 e. The van der Waals surface area contributed by atoms with E-state index in [9.17, 15) is 4.79 Å². The Hall–Kier alpha value is -2.62. The fraction of sp³-hybridized carbons (Fsp3) is 0.176. The summed E-state index contributed by atoms with van der Waals surface area (Å²) in [5.74, 6) is 0.573. The van der Waals surface area contributed by atoms with Crippen LogP contribution in [0.15, 0.2) is 53.1 Å². The minimum absolute atomic E-state index is 0.206. The molecule has 1 atom stereocenters. The predicted molar refractivity (Wildman–Crippen MR) is 81.1 cm³/mol. The monoisotopic (exact) mass is 280 g/mol. The Kier molecular flexibility index (Phi) is 3.44. The highest BCUT2D eigenvalue weighted by molar-refractivity contribution is 5.92. The molecular weight excluding hydrogens is 264 g/mol. The fourth-order valence-corrected chi connectivity index (χ4v) is 2.44. The first-order valence-corrected chi connectivity index (χ1v) is 6.86. The largest absolute Gasteiger partial charge is 0.459 e. The summed E-state index contributed by atoms with van der Waals surface area (Å²) in [5.41, 5.74) is 2.29. The van der Waals surface area contributed by atoms with Gasteiger partial charge in [0, 0.05) is 17.1 Å². The normalized spacial score (nSPS) is 12.3. The van der Waals surface area contributed by atoms with Crippen molar-refractivity contribution in [2.24, 2.45) is 0 Å². The molecule has 0 radical (unpaired) electrons. The van der Waals surface area contributed by atoms with Gasteiger partial charge >= 0.3 is 0 Å². The second-order valence-corrected chi connectivity index (χ2v) is 5.00. The lowest BCUT2D eigenvalue weighted by Gasteiger charge is -2.12. The molecule has 1 aromatic carbocycles. The highest BCUT2D eigenvalue weighted by atomic mass is 16.3. The van der Waals surface area contributed by atoms with E-state index in [4.69, 9.17) is 4.42 Å². The third-order valence-corrected chi connectivity index (χ3v) is 3.52. The summed E-state index contributed by atoms with van der Waals surface area (Å²) < 4.78 is 5.86. The van der Waals surface area contributed by atoms with E-state index in [0.717, 1.165) is 22.3 Å². The highest BCUT2D eigenvalue weighted by Crippen LogP contribution is 2.29. The van der Waals surface area contributed by atoms with Gasteiger partial charge in [0.1, 0.15) is 17.0 Å². The molecule has 0 fully saturated rings.